The maximum Gasteiger partial charge on any atom is 0.182 e. The van der Waals surface area contributed by atoms with Crippen molar-refractivity contribution in [3.8, 4) is 0 Å². The van der Waals surface area contributed by atoms with Crippen LogP contribution < -0.4 is 9.80 Å². The summed E-state index contributed by atoms with van der Waals surface area (Å²) < 4.78 is 0. The molecule has 4 rings (SSSR count). The van der Waals surface area contributed by atoms with E-state index in [-0.39, 0.29) is 0 Å². The SMILES string of the molecule is CN(c1ccncn1)C1CCN(c2ncnc3nc[nH]c23)CC1. The molecular weight excluding hydrogens is 292 g/mol. The highest BCUT2D eigenvalue weighted by Crippen LogP contribution is 2.26. The molecule has 1 fully saturated rings. The molecule has 23 heavy (non-hydrogen) atoms. The second kappa shape index (κ2) is 5.79. The van der Waals surface area contributed by atoms with E-state index in [1.807, 2.05) is 6.07 Å². The van der Waals surface area contributed by atoms with Gasteiger partial charge in [-0.3, -0.25) is 0 Å². The van der Waals surface area contributed by atoms with Crippen molar-refractivity contribution >= 4 is 22.8 Å². The first-order valence-corrected chi connectivity index (χ1v) is 7.71. The van der Waals surface area contributed by atoms with Crippen LogP contribution in [0.4, 0.5) is 11.6 Å². The Morgan fingerprint density at radius 2 is 2.00 bits per heavy atom. The number of fused-ring (bicyclic) bond motifs is 1. The van der Waals surface area contributed by atoms with Crippen LogP contribution in [0.15, 0.2) is 31.2 Å². The van der Waals surface area contributed by atoms with Crippen molar-refractivity contribution in [1.82, 2.24) is 29.9 Å². The minimum atomic E-state index is 0.472. The number of hydrogen-bond acceptors (Lipinski definition) is 7. The number of nitrogens with zero attached hydrogens (tertiary/aromatic N) is 7. The molecule has 0 spiro atoms. The molecule has 0 amide bonds. The molecule has 0 atom stereocenters. The highest BCUT2D eigenvalue weighted by Gasteiger charge is 2.25. The van der Waals surface area contributed by atoms with Crippen LogP contribution in [0.2, 0.25) is 0 Å². The van der Waals surface area contributed by atoms with E-state index in [4.69, 9.17) is 0 Å². The van der Waals surface area contributed by atoms with Gasteiger partial charge in [0.25, 0.3) is 0 Å². The molecule has 8 nitrogen and oxygen atoms in total. The van der Waals surface area contributed by atoms with Gasteiger partial charge in [-0.25, -0.2) is 24.9 Å². The van der Waals surface area contributed by atoms with Crippen LogP contribution in [0.5, 0.6) is 0 Å². The van der Waals surface area contributed by atoms with E-state index >= 15 is 0 Å². The summed E-state index contributed by atoms with van der Waals surface area (Å²) in [5.41, 5.74) is 1.63. The van der Waals surface area contributed by atoms with Gasteiger partial charge < -0.3 is 14.8 Å². The van der Waals surface area contributed by atoms with Crippen LogP contribution in [-0.2, 0) is 0 Å². The number of H-pyrrole nitrogens is 1. The summed E-state index contributed by atoms with van der Waals surface area (Å²) in [7, 11) is 2.10. The first-order valence-electron chi connectivity index (χ1n) is 7.71. The van der Waals surface area contributed by atoms with Crippen LogP contribution in [-0.4, -0.2) is 56.1 Å². The van der Waals surface area contributed by atoms with Crippen LogP contribution in [0.25, 0.3) is 11.2 Å². The summed E-state index contributed by atoms with van der Waals surface area (Å²) in [6.45, 7) is 1.90. The molecule has 1 N–H and O–H groups in total. The van der Waals surface area contributed by atoms with E-state index < -0.39 is 0 Å². The minimum absolute atomic E-state index is 0.472. The molecule has 118 valence electrons. The van der Waals surface area contributed by atoms with Gasteiger partial charge in [-0.1, -0.05) is 0 Å². The highest BCUT2D eigenvalue weighted by atomic mass is 15.3. The van der Waals surface area contributed by atoms with Gasteiger partial charge >= 0.3 is 0 Å². The van der Waals surface area contributed by atoms with Crippen molar-refractivity contribution in [2.45, 2.75) is 18.9 Å². The lowest BCUT2D eigenvalue weighted by atomic mass is 10.0. The quantitative estimate of drug-likeness (QED) is 0.779. The van der Waals surface area contributed by atoms with E-state index in [9.17, 15) is 0 Å². The first kappa shape index (κ1) is 13.9. The van der Waals surface area contributed by atoms with E-state index in [0.29, 0.717) is 6.04 Å². The Bertz CT molecular complexity index is 778. The van der Waals surface area contributed by atoms with Crippen molar-refractivity contribution in [1.29, 1.82) is 0 Å². The predicted molar refractivity (Wildman–Crippen MR) is 87.4 cm³/mol. The van der Waals surface area contributed by atoms with E-state index in [1.165, 1.54) is 0 Å². The molecule has 0 unspecified atom stereocenters. The Balaban J connectivity index is 1.48. The molecule has 1 aliphatic rings. The molecule has 0 bridgehead atoms. The van der Waals surface area contributed by atoms with Crippen molar-refractivity contribution in [3.05, 3.63) is 31.2 Å². The van der Waals surface area contributed by atoms with Crippen molar-refractivity contribution in [2.75, 3.05) is 29.9 Å². The summed E-state index contributed by atoms with van der Waals surface area (Å²) >= 11 is 0. The number of rotatable bonds is 3. The molecule has 0 radical (unpaired) electrons. The molecule has 1 aliphatic heterocycles. The maximum atomic E-state index is 4.44. The highest BCUT2D eigenvalue weighted by molar-refractivity contribution is 5.82. The lowest BCUT2D eigenvalue weighted by Crippen LogP contribution is -2.44. The second-order valence-electron chi connectivity index (χ2n) is 5.70. The van der Waals surface area contributed by atoms with Crippen LogP contribution >= 0.6 is 0 Å². The molecule has 0 aromatic carbocycles. The van der Waals surface area contributed by atoms with Crippen LogP contribution in [0.3, 0.4) is 0 Å². The number of imidazole rings is 1. The normalized spacial score (nSPS) is 16.0. The van der Waals surface area contributed by atoms with Crippen molar-refractivity contribution in [3.63, 3.8) is 0 Å². The predicted octanol–water partition coefficient (Wildman–Crippen LogP) is 1.25. The third kappa shape index (κ3) is 2.56. The number of piperidine rings is 1. The molecule has 0 aliphatic carbocycles. The average Bonchev–Trinajstić information content (AvgIpc) is 3.11. The largest absolute Gasteiger partial charge is 0.356 e. The van der Waals surface area contributed by atoms with Crippen LogP contribution in [0, 0.1) is 0 Å². The number of aromatic amines is 1. The summed E-state index contributed by atoms with van der Waals surface area (Å²) in [5.74, 6) is 1.91. The van der Waals surface area contributed by atoms with Gasteiger partial charge in [-0.2, -0.15) is 0 Å². The fourth-order valence-electron chi connectivity index (χ4n) is 3.14. The Morgan fingerprint density at radius 3 is 2.78 bits per heavy atom. The van der Waals surface area contributed by atoms with Gasteiger partial charge in [-0.15, -0.1) is 0 Å². The number of aromatic nitrogens is 6. The summed E-state index contributed by atoms with van der Waals surface area (Å²) in [6, 6.07) is 2.42. The van der Waals surface area contributed by atoms with E-state index in [0.717, 1.165) is 48.7 Å². The lowest BCUT2D eigenvalue weighted by molar-refractivity contribution is 0.478. The Labute approximate surface area is 133 Å². The fraction of sp³-hybridized carbons (Fsp3) is 0.400. The molecule has 0 saturated carbocycles. The summed E-state index contributed by atoms with van der Waals surface area (Å²) in [5, 5.41) is 0. The molecule has 8 heteroatoms. The molecule has 4 heterocycles. The first-order chi connectivity index (χ1) is 11.3. The molecule has 1 saturated heterocycles. The zero-order valence-electron chi connectivity index (χ0n) is 12.9. The molecule has 3 aromatic rings. The van der Waals surface area contributed by atoms with Gasteiger partial charge in [0.1, 0.15) is 24.0 Å². The zero-order valence-corrected chi connectivity index (χ0v) is 12.9. The lowest BCUT2D eigenvalue weighted by Gasteiger charge is -2.37. The van der Waals surface area contributed by atoms with Gasteiger partial charge in [0.2, 0.25) is 0 Å². The Hall–Kier alpha value is -2.77. The molecular formula is C15H18N8. The number of hydrogen-bond donors (Lipinski definition) is 1. The van der Waals surface area contributed by atoms with E-state index in [1.54, 1.807) is 25.2 Å². The fourth-order valence-corrected chi connectivity index (χ4v) is 3.14. The van der Waals surface area contributed by atoms with Crippen molar-refractivity contribution in [2.24, 2.45) is 0 Å². The van der Waals surface area contributed by atoms with Gasteiger partial charge in [-0.05, 0) is 18.9 Å². The maximum absolute atomic E-state index is 4.44. The summed E-state index contributed by atoms with van der Waals surface area (Å²) in [4.78, 5) is 28.8. The number of nitrogens with one attached hydrogen (secondary N) is 1. The number of anilines is 2. The van der Waals surface area contributed by atoms with Gasteiger partial charge in [0.15, 0.2) is 11.5 Å². The minimum Gasteiger partial charge on any atom is -0.356 e. The van der Waals surface area contributed by atoms with E-state index in [2.05, 4.69) is 46.8 Å². The summed E-state index contributed by atoms with van der Waals surface area (Å²) in [6.07, 6.45) is 8.73. The third-order valence-electron chi connectivity index (χ3n) is 4.44. The monoisotopic (exact) mass is 310 g/mol. The van der Waals surface area contributed by atoms with Crippen molar-refractivity contribution < 1.29 is 0 Å². The smallest absolute Gasteiger partial charge is 0.182 e. The van der Waals surface area contributed by atoms with Gasteiger partial charge in [0, 0.05) is 32.4 Å². The Morgan fingerprint density at radius 1 is 1.13 bits per heavy atom. The Kier molecular flexibility index (Phi) is 3.49. The topological polar surface area (TPSA) is 86.7 Å². The van der Waals surface area contributed by atoms with Gasteiger partial charge in [0.05, 0.1) is 6.33 Å². The standard InChI is InChI=1S/C15H18N8/c1-22(12-2-5-16-8-17-12)11-3-6-23(7-4-11)15-13-14(19-9-18-13)20-10-21-15/h2,5,8-11H,3-4,6-7H2,1H3,(H,18,19,20,21). The zero-order chi connectivity index (χ0) is 15.6. The third-order valence-corrected chi connectivity index (χ3v) is 4.44. The second-order valence-corrected chi connectivity index (χ2v) is 5.70. The van der Waals surface area contributed by atoms with Crippen LogP contribution in [0.1, 0.15) is 12.8 Å². The average molecular weight is 310 g/mol. The molecule has 3 aromatic heterocycles.